The zero-order valence-corrected chi connectivity index (χ0v) is 22.9. The summed E-state index contributed by atoms with van der Waals surface area (Å²) in [4.78, 5) is 15.0. The molecule has 0 radical (unpaired) electrons. The normalized spacial score (nSPS) is 16.0. The summed E-state index contributed by atoms with van der Waals surface area (Å²) in [6, 6.07) is 7.97. The lowest BCUT2D eigenvalue weighted by atomic mass is 10.0. The van der Waals surface area contributed by atoms with Gasteiger partial charge in [-0.25, -0.2) is 8.42 Å². The molecule has 3 aromatic rings. The van der Waals surface area contributed by atoms with E-state index < -0.39 is 62.6 Å². The van der Waals surface area contributed by atoms with Crippen LogP contribution in [0.4, 0.5) is 32.0 Å². The predicted octanol–water partition coefficient (Wildman–Crippen LogP) is 5.02. The summed E-state index contributed by atoms with van der Waals surface area (Å²) in [6.07, 6.45) is -8.56. The second kappa shape index (κ2) is 11.1. The first-order valence-electron chi connectivity index (χ1n) is 12.4. The maximum atomic E-state index is 13.8. The average molecular weight is 618 g/mol. The number of carbonyl (C=O) groups excluding carboxylic acids is 1. The van der Waals surface area contributed by atoms with Crippen LogP contribution in [0.25, 0.3) is 11.1 Å². The van der Waals surface area contributed by atoms with E-state index >= 15 is 0 Å². The maximum Gasteiger partial charge on any atom is 0.417 e. The Morgan fingerprint density at radius 1 is 1.00 bits per heavy atom. The number of ether oxygens (including phenoxy) is 1. The number of amides is 1. The van der Waals surface area contributed by atoms with Crippen LogP contribution in [0.15, 0.2) is 65.8 Å². The Labute approximate surface area is 237 Å². The van der Waals surface area contributed by atoms with Crippen molar-refractivity contribution in [3.05, 3.63) is 72.1 Å². The molecule has 0 unspecified atom stereocenters. The predicted molar refractivity (Wildman–Crippen MR) is 139 cm³/mol. The van der Waals surface area contributed by atoms with Crippen LogP contribution in [-0.2, 0) is 27.2 Å². The van der Waals surface area contributed by atoms with E-state index in [0.717, 1.165) is 34.8 Å². The van der Waals surface area contributed by atoms with Crippen LogP contribution in [0.2, 0.25) is 0 Å². The van der Waals surface area contributed by atoms with Crippen molar-refractivity contribution in [1.29, 1.82) is 0 Å². The molecule has 2 N–H and O–H groups in total. The van der Waals surface area contributed by atoms with Gasteiger partial charge in [0.15, 0.2) is 0 Å². The molecular formula is C27H25F6N3O5S. The molecule has 1 aliphatic rings. The summed E-state index contributed by atoms with van der Waals surface area (Å²) < 4.78 is 114. The lowest BCUT2D eigenvalue weighted by Gasteiger charge is -2.36. The first kappa shape index (κ1) is 31.1. The third-order valence-electron chi connectivity index (χ3n) is 6.35. The number of rotatable bonds is 7. The average Bonchev–Trinajstić information content (AvgIpc) is 2.91. The van der Waals surface area contributed by atoms with Gasteiger partial charge in [-0.15, -0.1) is 0 Å². The number of anilines is 1. The molecule has 1 amide bonds. The third-order valence-corrected chi connectivity index (χ3v) is 8.12. The number of pyridine rings is 1. The number of sulfonamides is 1. The van der Waals surface area contributed by atoms with Gasteiger partial charge in [-0.1, -0.05) is 12.1 Å². The van der Waals surface area contributed by atoms with Crippen LogP contribution in [0, 0.1) is 0 Å². The molecule has 226 valence electrons. The Kier molecular flexibility index (Phi) is 8.21. The fraction of sp³-hybridized carbons (Fsp3) is 0.333. The van der Waals surface area contributed by atoms with Crippen LogP contribution in [0.3, 0.4) is 0 Å². The molecule has 42 heavy (non-hydrogen) atoms. The van der Waals surface area contributed by atoms with Gasteiger partial charge in [-0.05, 0) is 55.8 Å². The number of hydrogen-bond donors (Lipinski definition) is 2. The number of carbonyl (C=O) groups is 1. The number of benzene rings is 2. The Hall–Kier alpha value is -3.85. The van der Waals surface area contributed by atoms with Crippen molar-refractivity contribution >= 4 is 21.6 Å². The molecule has 0 saturated heterocycles. The van der Waals surface area contributed by atoms with Crippen molar-refractivity contribution < 1.29 is 49.4 Å². The number of alkyl halides is 6. The largest absolute Gasteiger partial charge is 0.486 e. The molecule has 2 heterocycles. The number of fused-ring (bicyclic) bond motifs is 1. The summed E-state index contributed by atoms with van der Waals surface area (Å²) in [5.74, 6) is -0.689. The smallest absolute Gasteiger partial charge is 0.417 e. The molecule has 0 saturated carbocycles. The lowest BCUT2D eigenvalue weighted by Crippen LogP contribution is -2.46. The van der Waals surface area contributed by atoms with Crippen molar-refractivity contribution in [2.24, 2.45) is 0 Å². The standard InChI is InChI=1S/C27H25F6N3O5S/c1-25(2,38)24(37)35-9-8-20-15-36(42(39,40)21-5-3-4-18(12-21)26(28,29)30)22-11-16(6-7-23(22)41-20)17-10-19(14-34-13-17)27(31,32)33/h3-7,10-14,20,38H,8-9,15H2,1-2H3,(H,35,37)/t20-/m0/s1. The quantitative estimate of drug-likeness (QED) is 0.361. The van der Waals surface area contributed by atoms with Crippen LogP contribution >= 0.6 is 0 Å². The molecule has 0 fully saturated rings. The molecule has 1 atom stereocenters. The summed E-state index contributed by atoms with van der Waals surface area (Å²) >= 11 is 0. The van der Waals surface area contributed by atoms with Crippen molar-refractivity contribution in [2.75, 3.05) is 17.4 Å². The SMILES string of the molecule is CC(C)(O)C(=O)NCC[C@H]1CN(S(=O)(=O)c2cccc(C(F)(F)F)c2)c2cc(-c3cncc(C(F)(F)F)c3)ccc2O1. The molecule has 1 aliphatic heterocycles. The summed E-state index contributed by atoms with van der Waals surface area (Å²) in [7, 11) is -4.66. The highest BCUT2D eigenvalue weighted by atomic mass is 32.2. The second-order valence-corrected chi connectivity index (χ2v) is 11.9. The van der Waals surface area contributed by atoms with Crippen LogP contribution in [-0.4, -0.2) is 49.2 Å². The first-order chi connectivity index (χ1) is 19.4. The maximum absolute atomic E-state index is 13.8. The van der Waals surface area contributed by atoms with Crippen molar-refractivity contribution in [2.45, 2.75) is 49.2 Å². The molecule has 0 bridgehead atoms. The number of hydrogen-bond acceptors (Lipinski definition) is 6. The molecule has 4 rings (SSSR count). The van der Waals surface area contributed by atoms with E-state index in [1.165, 1.54) is 32.0 Å². The van der Waals surface area contributed by atoms with E-state index in [4.69, 9.17) is 4.74 Å². The van der Waals surface area contributed by atoms with Gasteiger partial charge in [-0.3, -0.25) is 14.1 Å². The number of aromatic nitrogens is 1. The molecule has 1 aromatic heterocycles. The second-order valence-electron chi connectivity index (χ2n) is 10.0. The Bertz CT molecular complexity index is 1590. The molecular weight excluding hydrogens is 592 g/mol. The lowest BCUT2D eigenvalue weighted by molar-refractivity contribution is -0.138. The van der Waals surface area contributed by atoms with Crippen LogP contribution in [0.1, 0.15) is 31.4 Å². The van der Waals surface area contributed by atoms with Crippen molar-refractivity contribution in [3.63, 3.8) is 0 Å². The minimum Gasteiger partial charge on any atom is -0.486 e. The molecule has 0 spiro atoms. The van der Waals surface area contributed by atoms with Gasteiger partial charge in [0.2, 0.25) is 0 Å². The van der Waals surface area contributed by atoms with Gasteiger partial charge in [0.1, 0.15) is 17.5 Å². The van der Waals surface area contributed by atoms with Crippen LogP contribution in [0.5, 0.6) is 5.75 Å². The highest BCUT2D eigenvalue weighted by Crippen LogP contribution is 2.41. The monoisotopic (exact) mass is 617 g/mol. The molecule has 8 nitrogen and oxygen atoms in total. The summed E-state index contributed by atoms with van der Waals surface area (Å²) in [5, 5.41) is 12.3. The van der Waals surface area contributed by atoms with E-state index in [9.17, 15) is 44.7 Å². The van der Waals surface area contributed by atoms with Gasteiger partial charge in [0.05, 0.1) is 28.3 Å². The van der Waals surface area contributed by atoms with E-state index in [1.54, 1.807) is 0 Å². The topological polar surface area (TPSA) is 109 Å². The van der Waals surface area contributed by atoms with Crippen LogP contribution < -0.4 is 14.4 Å². The fourth-order valence-electron chi connectivity index (χ4n) is 4.15. The number of halogens is 6. The Morgan fingerprint density at radius 2 is 1.69 bits per heavy atom. The zero-order chi connectivity index (χ0) is 31.1. The summed E-state index contributed by atoms with van der Waals surface area (Å²) in [6.45, 7) is 2.12. The van der Waals surface area contributed by atoms with Gasteiger partial charge in [0, 0.05) is 30.9 Å². The summed E-state index contributed by atoms with van der Waals surface area (Å²) in [5.41, 5.74) is -3.84. The van der Waals surface area contributed by atoms with E-state index in [1.807, 2.05) is 0 Å². The van der Waals surface area contributed by atoms with Gasteiger partial charge in [-0.2, -0.15) is 26.3 Å². The Morgan fingerprint density at radius 3 is 2.33 bits per heavy atom. The van der Waals surface area contributed by atoms with Gasteiger partial charge >= 0.3 is 12.4 Å². The van der Waals surface area contributed by atoms with E-state index in [2.05, 4.69) is 10.3 Å². The fourth-order valence-corrected chi connectivity index (χ4v) is 5.69. The van der Waals surface area contributed by atoms with Crippen molar-refractivity contribution in [3.8, 4) is 16.9 Å². The van der Waals surface area contributed by atoms with Gasteiger partial charge < -0.3 is 15.2 Å². The molecule has 0 aliphatic carbocycles. The minimum atomic E-state index is -4.82. The third kappa shape index (κ3) is 6.78. The minimum absolute atomic E-state index is 0.000647. The molecule has 2 aromatic carbocycles. The highest BCUT2D eigenvalue weighted by molar-refractivity contribution is 7.92. The first-order valence-corrected chi connectivity index (χ1v) is 13.9. The number of aliphatic hydroxyl groups is 1. The number of nitrogens with one attached hydrogen (secondary N) is 1. The van der Waals surface area contributed by atoms with Crippen molar-refractivity contribution in [1.82, 2.24) is 10.3 Å². The highest BCUT2D eigenvalue weighted by Gasteiger charge is 2.38. The van der Waals surface area contributed by atoms with E-state index in [0.29, 0.717) is 12.3 Å². The Balaban J connectivity index is 1.75. The van der Waals surface area contributed by atoms with Gasteiger partial charge in [0.25, 0.3) is 15.9 Å². The molecule has 15 heteroatoms. The van der Waals surface area contributed by atoms with E-state index in [-0.39, 0.29) is 35.5 Å². The number of nitrogens with zero attached hydrogens (tertiary/aromatic N) is 2. The zero-order valence-electron chi connectivity index (χ0n) is 22.1.